The van der Waals surface area contributed by atoms with Gasteiger partial charge in [-0.25, -0.2) is 0 Å². The predicted octanol–water partition coefficient (Wildman–Crippen LogP) is 4.29. The second kappa shape index (κ2) is 9.02. The van der Waals surface area contributed by atoms with Crippen molar-refractivity contribution in [2.45, 2.75) is 43.8 Å². The number of pyridine rings is 1. The van der Waals surface area contributed by atoms with Crippen LogP contribution in [0.2, 0.25) is 0 Å². The number of carbonyl (C=O) groups excluding carboxylic acids is 2. The summed E-state index contributed by atoms with van der Waals surface area (Å²) >= 11 is 0. The first-order valence-electron chi connectivity index (χ1n) is 10.2. The Balaban J connectivity index is 2.11. The Labute approximate surface area is 195 Å². The predicted molar refractivity (Wildman–Crippen MR) is 111 cm³/mol. The number of rotatable bonds is 5. The number of halogens is 6. The molecule has 0 aliphatic carbocycles. The quantitative estimate of drug-likeness (QED) is 0.591. The number of hydrogen-bond acceptors (Lipinski definition) is 5. The number of alkyl halides is 6. The van der Waals surface area contributed by atoms with Crippen LogP contribution in [-0.2, 0) is 15.7 Å². The normalized spacial score (nSPS) is 24.8. The van der Waals surface area contributed by atoms with E-state index in [1.165, 1.54) is 12.1 Å². The van der Waals surface area contributed by atoms with E-state index in [1.807, 2.05) is 0 Å². The first-order chi connectivity index (χ1) is 16.1. The smallest absolute Gasteiger partial charge is 0.419 e. The lowest BCUT2D eigenvalue weighted by atomic mass is 9.76. The molecule has 3 rings (SSSR count). The lowest BCUT2D eigenvalue weighted by Crippen LogP contribution is -2.47. The fraction of sp³-hybridized carbons (Fsp3) is 0.409. The van der Waals surface area contributed by atoms with Crippen LogP contribution >= 0.6 is 0 Å². The number of aromatic nitrogens is 1. The minimum atomic E-state index is -4.95. The Bertz CT molecular complexity index is 1140. The summed E-state index contributed by atoms with van der Waals surface area (Å²) < 4.78 is 93.0. The Kier molecular flexibility index (Phi) is 6.77. The highest BCUT2D eigenvalue weighted by Crippen LogP contribution is 2.55. The van der Waals surface area contributed by atoms with E-state index in [0.29, 0.717) is 0 Å². The maximum atomic E-state index is 14.0. The largest absolute Gasteiger partial charge is 0.496 e. The number of ether oxygens (including phenoxy) is 2. The Morgan fingerprint density at radius 3 is 2.37 bits per heavy atom. The molecule has 7 nitrogen and oxygen atoms in total. The Morgan fingerprint density at radius 1 is 1.17 bits per heavy atom. The summed E-state index contributed by atoms with van der Waals surface area (Å²) in [6.07, 6.45) is -10.5. The van der Waals surface area contributed by atoms with Crippen LogP contribution < -0.4 is 15.8 Å². The van der Waals surface area contributed by atoms with E-state index in [4.69, 9.17) is 15.2 Å². The summed E-state index contributed by atoms with van der Waals surface area (Å²) in [7, 11) is 0.953. The van der Waals surface area contributed by atoms with E-state index in [0.717, 1.165) is 45.4 Å². The summed E-state index contributed by atoms with van der Waals surface area (Å²) in [5.41, 5.74) is 0.564. The molecule has 35 heavy (non-hydrogen) atoms. The molecule has 1 aromatic heterocycles. The molecule has 0 unspecified atom stereocenters. The van der Waals surface area contributed by atoms with Crippen LogP contribution in [-0.4, -0.2) is 41.8 Å². The standard InChI is InChI=1S/C22H21F6N3O4/c1-10-15(12-5-4-6-13(16(12)34-3)21(23,24)25)17(35-20(10,2)22(26,27)28)19(33)31-11-7-8-30-14(9-11)18(29)32/h4-10,15,17H,1-3H3,(H2,29,32)(H,30,31,33)/t10-,15+,17+,20-/m1/s1. The third-order valence-electron chi connectivity index (χ3n) is 6.12. The molecule has 2 amide bonds. The number of nitrogens with two attached hydrogens (primary N) is 1. The summed E-state index contributed by atoms with van der Waals surface area (Å²) in [4.78, 5) is 28.2. The highest BCUT2D eigenvalue weighted by Gasteiger charge is 2.66. The van der Waals surface area contributed by atoms with Crippen molar-refractivity contribution < 1.29 is 45.4 Å². The molecule has 0 radical (unpaired) electrons. The van der Waals surface area contributed by atoms with Crippen molar-refractivity contribution in [3.05, 3.63) is 53.3 Å². The summed E-state index contributed by atoms with van der Waals surface area (Å²) in [5, 5.41) is 2.33. The second-order valence-electron chi connectivity index (χ2n) is 8.17. The van der Waals surface area contributed by atoms with E-state index in [-0.39, 0.29) is 16.9 Å². The third kappa shape index (κ3) is 4.77. The van der Waals surface area contributed by atoms with Gasteiger partial charge >= 0.3 is 12.4 Å². The molecular formula is C22H21F6N3O4. The van der Waals surface area contributed by atoms with Crippen LogP contribution in [0, 0.1) is 5.92 Å². The highest BCUT2D eigenvalue weighted by molar-refractivity contribution is 5.97. The van der Waals surface area contributed by atoms with Crippen LogP contribution in [0.5, 0.6) is 5.75 Å². The van der Waals surface area contributed by atoms with Crippen molar-refractivity contribution in [2.75, 3.05) is 12.4 Å². The van der Waals surface area contributed by atoms with E-state index in [9.17, 15) is 35.9 Å². The molecule has 1 fully saturated rings. The summed E-state index contributed by atoms with van der Waals surface area (Å²) in [5.74, 6) is -5.66. The van der Waals surface area contributed by atoms with E-state index >= 15 is 0 Å². The van der Waals surface area contributed by atoms with Gasteiger partial charge in [-0.3, -0.25) is 14.6 Å². The number of hydrogen-bond donors (Lipinski definition) is 2. The molecule has 0 spiro atoms. The number of methoxy groups -OCH3 is 1. The van der Waals surface area contributed by atoms with Gasteiger partial charge in [0.1, 0.15) is 17.5 Å². The molecule has 1 aliphatic heterocycles. The number of nitrogens with one attached hydrogen (secondary N) is 1. The molecule has 2 aromatic rings. The summed E-state index contributed by atoms with van der Waals surface area (Å²) in [6, 6.07) is 5.27. The number of anilines is 1. The zero-order valence-electron chi connectivity index (χ0n) is 18.6. The van der Waals surface area contributed by atoms with Crippen LogP contribution in [0.25, 0.3) is 0 Å². The van der Waals surface area contributed by atoms with Crippen molar-refractivity contribution in [1.82, 2.24) is 4.98 Å². The second-order valence-corrected chi connectivity index (χ2v) is 8.17. The zero-order chi connectivity index (χ0) is 26.3. The van der Waals surface area contributed by atoms with Crippen molar-refractivity contribution in [1.29, 1.82) is 0 Å². The van der Waals surface area contributed by atoms with Gasteiger partial charge in [0.25, 0.3) is 11.8 Å². The molecule has 0 saturated carbocycles. The SMILES string of the molecule is COc1c([C@H]2[C@@H](C(=O)Nc3ccnc(C(N)=O)c3)O[C@@](C)(C(F)(F)F)[C@@H]2C)cccc1C(F)(F)F. The topological polar surface area (TPSA) is 104 Å². The van der Waals surface area contributed by atoms with Gasteiger partial charge in [-0.15, -0.1) is 0 Å². The molecule has 13 heteroatoms. The van der Waals surface area contributed by atoms with E-state index in [1.54, 1.807) is 0 Å². The number of amides is 2. The minimum Gasteiger partial charge on any atom is -0.496 e. The molecule has 4 atom stereocenters. The lowest BCUT2D eigenvalue weighted by Gasteiger charge is -2.32. The van der Waals surface area contributed by atoms with Gasteiger partial charge in [0.15, 0.2) is 5.60 Å². The lowest BCUT2D eigenvalue weighted by molar-refractivity contribution is -0.272. The van der Waals surface area contributed by atoms with Gasteiger partial charge in [-0.05, 0) is 25.1 Å². The number of carbonyl (C=O) groups is 2. The van der Waals surface area contributed by atoms with Crippen LogP contribution in [0.15, 0.2) is 36.5 Å². The average Bonchev–Trinajstić information content (AvgIpc) is 3.04. The van der Waals surface area contributed by atoms with Gasteiger partial charge in [-0.1, -0.05) is 19.1 Å². The molecule has 1 aliphatic rings. The Hall–Kier alpha value is -3.35. The average molecular weight is 505 g/mol. The maximum Gasteiger partial charge on any atom is 0.419 e. The Morgan fingerprint density at radius 2 is 1.83 bits per heavy atom. The highest BCUT2D eigenvalue weighted by atomic mass is 19.4. The molecule has 3 N–H and O–H groups in total. The van der Waals surface area contributed by atoms with Gasteiger partial charge in [0.05, 0.1) is 12.7 Å². The van der Waals surface area contributed by atoms with Crippen LogP contribution in [0.3, 0.4) is 0 Å². The first-order valence-corrected chi connectivity index (χ1v) is 10.2. The van der Waals surface area contributed by atoms with Crippen LogP contribution in [0.4, 0.5) is 32.0 Å². The number of benzene rings is 1. The fourth-order valence-electron chi connectivity index (χ4n) is 4.15. The van der Waals surface area contributed by atoms with E-state index in [2.05, 4.69) is 10.3 Å². The molecule has 1 aromatic carbocycles. The van der Waals surface area contributed by atoms with Gasteiger partial charge in [0, 0.05) is 29.3 Å². The van der Waals surface area contributed by atoms with Gasteiger partial charge in [0.2, 0.25) is 0 Å². The van der Waals surface area contributed by atoms with Crippen molar-refractivity contribution in [3.63, 3.8) is 0 Å². The molecule has 190 valence electrons. The number of para-hydroxylation sites is 1. The number of nitrogens with zero attached hydrogens (tertiary/aromatic N) is 1. The third-order valence-corrected chi connectivity index (χ3v) is 6.12. The summed E-state index contributed by atoms with van der Waals surface area (Å²) in [6.45, 7) is 1.87. The number of primary amides is 1. The van der Waals surface area contributed by atoms with Gasteiger partial charge in [-0.2, -0.15) is 26.3 Å². The maximum absolute atomic E-state index is 14.0. The van der Waals surface area contributed by atoms with Crippen LogP contribution in [0.1, 0.15) is 41.4 Å². The van der Waals surface area contributed by atoms with Crippen molar-refractivity contribution in [3.8, 4) is 5.75 Å². The minimum absolute atomic E-state index is 0.0228. The molecule has 0 bridgehead atoms. The van der Waals surface area contributed by atoms with Crippen molar-refractivity contribution in [2.24, 2.45) is 11.7 Å². The van der Waals surface area contributed by atoms with Gasteiger partial charge < -0.3 is 20.5 Å². The zero-order valence-corrected chi connectivity index (χ0v) is 18.6. The fourth-order valence-corrected chi connectivity index (χ4v) is 4.15. The molecular weight excluding hydrogens is 484 g/mol. The first kappa shape index (κ1) is 26.3. The molecule has 1 saturated heterocycles. The molecule has 2 heterocycles. The van der Waals surface area contributed by atoms with E-state index < -0.39 is 59.0 Å². The van der Waals surface area contributed by atoms with Crippen molar-refractivity contribution >= 4 is 17.5 Å². The monoisotopic (exact) mass is 505 g/mol.